The first-order chi connectivity index (χ1) is 13.5. The number of H-pyrrole nitrogens is 1. The molecule has 4 rings (SSSR count). The number of benzene rings is 3. The van der Waals surface area contributed by atoms with Crippen molar-refractivity contribution in [3.63, 3.8) is 0 Å². The topological polar surface area (TPSA) is 55.0 Å². The van der Waals surface area contributed by atoms with Crippen LogP contribution in [0.4, 0.5) is 13.2 Å². The molecule has 0 fully saturated rings. The first-order valence-corrected chi connectivity index (χ1v) is 8.37. The lowest BCUT2D eigenvalue weighted by Crippen LogP contribution is -2.10. The van der Waals surface area contributed by atoms with Crippen molar-refractivity contribution in [2.24, 2.45) is 0 Å². The number of halogens is 3. The predicted molar refractivity (Wildman–Crippen MR) is 98.4 cm³/mol. The average Bonchev–Trinajstić information content (AvgIpc) is 2.69. The van der Waals surface area contributed by atoms with E-state index in [-0.39, 0.29) is 23.7 Å². The fourth-order valence-electron chi connectivity index (χ4n) is 2.82. The molecule has 28 heavy (non-hydrogen) atoms. The van der Waals surface area contributed by atoms with Crippen LogP contribution in [-0.2, 0) is 6.61 Å². The minimum Gasteiger partial charge on any atom is -0.488 e. The van der Waals surface area contributed by atoms with Crippen LogP contribution in [0.1, 0.15) is 5.56 Å². The minimum absolute atomic E-state index is 0.114. The summed E-state index contributed by atoms with van der Waals surface area (Å²) in [6.07, 6.45) is 0. The summed E-state index contributed by atoms with van der Waals surface area (Å²) in [7, 11) is 0. The highest BCUT2D eigenvalue weighted by atomic mass is 19.2. The predicted octanol–water partition coefficient (Wildman–Crippen LogP) is 4.59. The monoisotopic (exact) mass is 382 g/mol. The molecule has 0 radical (unpaired) electrons. The van der Waals surface area contributed by atoms with Crippen molar-refractivity contribution in [2.45, 2.75) is 6.61 Å². The number of hydrogen-bond acceptors (Lipinski definition) is 3. The van der Waals surface area contributed by atoms with E-state index < -0.39 is 17.5 Å². The van der Waals surface area contributed by atoms with E-state index in [0.717, 1.165) is 18.2 Å². The SMILES string of the molecule is O=c1[nH]c(-c2ccc(F)cc2OCc2ccc(F)c(F)c2)nc2ccccc12. The molecule has 4 nitrogen and oxygen atoms in total. The van der Waals surface area contributed by atoms with Gasteiger partial charge in [0.15, 0.2) is 11.6 Å². The summed E-state index contributed by atoms with van der Waals surface area (Å²) in [4.78, 5) is 19.4. The highest BCUT2D eigenvalue weighted by Gasteiger charge is 2.13. The van der Waals surface area contributed by atoms with Crippen LogP contribution in [0.2, 0.25) is 0 Å². The van der Waals surface area contributed by atoms with Crippen LogP contribution in [0.5, 0.6) is 5.75 Å². The van der Waals surface area contributed by atoms with Gasteiger partial charge in [-0.25, -0.2) is 18.2 Å². The summed E-state index contributed by atoms with van der Waals surface area (Å²) in [6, 6.07) is 14.0. The summed E-state index contributed by atoms with van der Waals surface area (Å²) in [5.41, 5.74) is 0.884. The molecule has 0 aliphatic heterocycles. The highest BCUT2D eigenvalue weighted by Crippen LogP contribution is 2.29. The smallest absolute Gasteiger partial charge is 0.259 e. The molecule has 140 valence electrons. The zero-order chi connectivity index (χ0) is 19.7. The van der Waals surface area contributed by atoms with E-state index in [4.69, 9.17) is 4.74 Å². The number of fused-ring (bicyclic) bond motifs is 1. The second-order valence-corrected chi connectivity index (χ2v) is 6.11. The molecule has 4 aromatic rings. The number of nitrogens with zero attached hydrogens (tertiary/aromatic N) is 1. The van der Waals surface area contributed by atoms with Crippen LogP contribution in [0.15, 0.2) is 65.5 Å². The number of aromatic nitrogens is 2. The lowest BCUT2D eigenvalue weighted by atomic mass is 10.1. The van der Waals surface area contributed by atoms with Gasteiger partial charge in [0, 0.05) is 6.07 Å². The third kappa shape index (κ3) is 3.46. The Morgan fingerprint density at radius 2 is 1.75 bits per heavy atom. The Bertz CT molecular complexity index is 1240. The van der Waals surface area contributed by atoms with Crippen molar-refractivity contribution in [1.82, 2.24) is 9.97 Å². The van der Waals surface area contributed by atoms with E-state index >= 15 is 0 Å². The first kappa shape index (κ1) is 17.8. The van der Waals surface area contributed by atoms with Crippen molar-refractivity contribution in [1.29, 1.82) is 0 Å². The van der Waals surface area contributed by atoms with Gasteiger partial charge >= 0.3 is 0 Å². The Kier molecular flexibility index (Phi) is 4.57. The van der Waals surface area contributed by atoms with Gasteiger partial charge in [0.2, 0.25) is 0 Å². The molecule has 3 aromatic carbocycles. The molecule has 1 heterocycles. The normalized spacial score (nSPS) is 11.0. The summed E-state index contributed by atoms with van der Waals surface area (Å²) in [5.74, 6) is -2.19. The van der Waals surface area contributed by atoms with Crippen LogP contribution in [0, 0.1) is 17.5 Å². The van der Waals surface area contributed by atoms with Gasteiger partial charge in [0.1, 0.15) is 24.0 Å². The number of hydrogen-bond donors (Lipinski definition) is 1. The first-order valence-electron chi connectivity index (χ1n) is 8.37. The quantitative estimate of drug-likeness (QED) is 0.562. The fraction of sp³-hybridized carbons (Fsp3) is 0.0476. The van der Waals surface area contributed by atoms with Crippen molar-refractivity contribution < 1.29 is 17.9 Å². The molecule has 0 saturated carbocycles. The number of rotatable bonds is 4. The third-order valence-electron chi connectivity index (χ3n) is 4.19. The van der Waals surface area contributed by atoms with Gasteiger partial charge in [-0.05, 0) is 42.0 Å². The van der Waals surface area contributed by atoms with Crippen molar-refractivity contribution in [3.05, 3.63) is 94.0 Å². The van der Waals surface area contributed by atoms with E-state index in [1.54, 1.807) is 24.3 Å². The molecule has 0 unspecified atom stereocenters. The van der Waals surface area contributed by atoms with E-state index in [1.165, 1.54) is 18.2 Å². The molecule has 0 spiro atoms. The van der Waals surface area contributed by atoms with Crippen LogP contribution in [-0.4, -0.2) is 9.97 Å². The van der Waals surface area contributed by atoms with Crippen LogP contribution < -0.4 is 10.3 Å². The molecular formula is C21H13F3N2O2. The van der Waals surface area contributed by atoms with E-state index in [1.807, 2.05) is 0 Å². The van der Waals surface area contributed by atoms with Crippen molar-refractivity contribution in [2.75, 3.05) is 0 Å². The summed E-state index contributed by atoms with van der Waals surface area (Å²) in [6.45, 7) is -0.120. The average molecular weight is 382 g/mol. The van der Waals surface area contributed by atoms with Gasteiger partial charge in [-0.3, -0.25) is 4.79 Å². The Balaban J connectivity index is 1.72. The molecule has 7 heteroatoms. The maximum Gasteiger partial charge on any atom is 0.259 e. The summed E-state index contributed by atoms with van der Waals surface area (Å²) < 4.78 is 45.8. The van der Waals surface area contributed by atoms with Crippen molar-refractivity contribution in [3.8, 4) is 17.1 Å². The van der Waals surface area contributed by atoms with Gasteiger partial charge in [-0.15, -0.1) is 0 Å². The van der Waals surface area contributed by atoms with Gasteiger partial charge in [0.25, 0.3) is 5.56 Å². The molecular weight excluding hydrogens is 369 g/mol. The molecule has 0 atom stereocenters. The van der Waals surface area contributed by atoms with Gasteiger partial charge in [0.05, 0.1) is 16.5 Å². The second kappa shape index (κ2) is 7.19. The molecule has 1 aromatic heterocycles. The Hall–Kier alpha value is -3.61. The molecule has 0 bridgehead atoms. The Morgan fingerprint density at radius 1 is 0.929 bits per heavy atom. The lowest BCUT2D eigenvalue weighted by molar-refractivity contribution is 0.304. The number of nitrogens with one attached hydrogen (secondary N) is 1. The van der Waals surface area contributed by atoms with E-state index in [2.05, 4.69) is 9.97 Å². The maximum absolute atomic E-state index is 13.8. The molecule has 0 amide bonds. The van der Waals surface area contributed by atoms with Crippen molar-refractivity contribution >= 4 is 10.9 Å². The lowest BCUT2D eigenvalue weighted by Gasteiger charge is -2.12. The number of para-hydroxylation sites is 1. The zero-order valence-corrected chi connectivity index (χ0v) is 14.4. The molecule has 0 aliphatic carbocycles. The van der Waals surface area contributed by atoms with Crippen LogP contribution in [0.3, 0.4) is 0 Å². The van der Waals surface area contributed by atoms with Gasteiger partial charge in [-0.2, -0.15) is 0 Å². The fourth-order valence-corrected chi connectivity index (χ4v) is 2.82. The third-order valence-corrected chi connectivity index (χ3v) is 4.19. The summed E-state index contributed by atoms with van der Waals surface area (Å²) in [5, 5.41) is 0.428. The van der Waals surface area contributed by atoms with Gasteiger partial charge < -0.3 is 9.72 Å². The molecule has 1 N–H and O–H groups in total. The van der Waals surface area contributed by atoms with Gasteiger partial charge in [-0.1, -0.05) is 18.2 Å². The minimum atomic E-state index is -0.999. The highest BCUT2D eigenvalue weighted by molar-refractivity contribution is 5.80. The molecule has 0 saturated heterocycles. The number of ether oxygens (including phenoxy) is 1. The second-order valence-electron chi connectivity index (χ2n) is 6.11. The van der Waals surface area contributed by atoms with E-state index in [0.29, 0.717) is 22.0 Å². The Labute approximate surface area is 157 Å². The standard InChI is InChI=1S/C21H13F3N2O2/c22-13-6-7-15(20-25-18-4-2-1-3-14(18)21(27)26-20)19(10-13)28-11-12-5-8-16(23)17(24)9-12/h1-10H,11H2,(H,25,26,27). The summed E-state index contributed by atoms with van der Waals surface area (Å²) >= 11 is 0. The van der Waals surface area contributed by atoms with E-state index in [9.17, 15) is 18.0 Å². The Morgan fingerprint density at radius 3 is 2.57 bits per heavy atom. The maximum atomic E-state index is 13.8. The van der Waals surface area contributed by atoms with Crippen LogP contribution >= 0.6 is 0 Å². The zero-order valence-electron chi connectivity index (χ0n) is 14.4. The largest absolute Gasteiger partial charge is 0.488 e. The molecule has 0 aliphatic rings. The number of aromatic amines is 1. The van der Waals surface area contributed by atoms with Crippen LogP contribution in [0.25, 0.3) is 22.3 Å².